The van der Waals surface area contributed by atoms with Crippen molar-refractivity contribution in [1.29, 1.82) is 0 Å². The Kier molecular flexibility index (Phi) is 2.26. The van der Waals surface area contributed by atoms with Crippen LogP contribution in [-0.2, 0) is 11.2 Å². The lowest BCUT2D eigenvalue weighted by molar-refractivity contribution is 0.282. The Hall–Kier alpha value is -0.310. The summed E-state index contributed by atoms with van der Waals surface area (Å²) in [6.45, 7) is 0.637. The zero-order valence-electron chi connectivity index (χ0n) is 8.60. The van der Waals surface area contributed by atoms with Gasteiger partial charge in [0.25, 0.3) is 0 Å². The molecular formula is C12H11Cl2FO. The highest BCUT2D eigenvalue weighted by atomic mass is 35.5. The monoisotopic (exact) mass is 260 g/mol. The molecule has 0 amide bonds. The van der Waals surface area contributed by atoms with Crippen molar-refractivity contribution >= 4 is 23.2 Å². The van der Waals surface area contributed by atoms with Gasteiger partial charge in [-0.15, -0.1) is 11.6 Å². The van der Waals surface area contributed by atoms with Crippen LogP contribution in [0.1, 0.15) is 18.4 Å². The van der Waals surface area contributed by atoms with Gasteiger partial charge in [0.1, 0.15) is 11.4 Å². The second kappa shape index (κ2) is 3.34. The molecule has 1 aromatic rings. The molecule has 1 saturated heterocycles. The highest BCUT2D eigenvalue weighted by molar-refractivity contribution is 6.30. The van der Waals surface area contributed by atoms with E-state index in [-0.39, 0.29) is 16.3 Å². The summed E-state index contributed by atoms with van der Waals surface area (Å²) < 4.78 is 19.1. The number of benzene rings is 1. The minimum Gasteiger partial charge on any atom is -0.367 e. The second-order valence-corrected chi connectivity index (χ2v) is 5.82. The van der Waals surface area contributed by atoms with Crippen LogP contribution in [0.2, 0.25) is 5.02 Å². The van der Waals surface area contributed by atoms with E-state index in [0.717, 1.165) is 12.8 Å². The highest BCUT2D eigenvalue weighted by Crippen LogP contribution is 2.59. The highest BCUT2D eigenvalue weighted by Gasteiger charge is 2.66. The molecule has 0 radical (unpaired) electrons. The first-order valence-corrected chi connectivity index (χ1v) is 6.07. The van der Waals surface area contributed by atoms with E-state index in [9.17, 15) is 4.39 Å². The Morgan fingerprint density at radius 2 is 2.06 bits per heavy atom. The molecule has 3 rings (SSSR count). The van der Waals surface area contributed by atoms with E-state index in [1.54, 1.807) is 12.1 Å². The van der Waals surface area contributed by atoms with Crippen LogP contribution in [0.25, 0.3) is 0 Å². The molecule has 2 fully saturated rings. The first-order chi connectivity index (χ1) is 7.55. The standard InChI is InChI=1S/C12H11Cl2FO/c13-9-2-1-8(10(15)5-9)6-12(7-16-12)11(14)3-4-11/h1-2,5H,3-4,6-7H2. The van der Waals surface area contributed by atoms with Gasteiger partial charge in [-0.25, -0.2) is 4.39 Å². The van der Waals surface area contributed by atoms with Crippen LogP contribution >= 0.6 is 23.2 Å². The van der Waals surface area contributed by atoms with Crippen LogP contribution in [0.5, 0.6) is 0 Å². The molecular weight excluding hydrogens is 250 g/mol. The minimum absolute atomic E-state index is 0.251. The van der Waals surface area contributed by atoms with Crippen LogP contribution in [0.15, 0.2) is 18.2 Å². The lowest BCUT2D eigenvalue weighted by Crippen LogP contribution is -2.29. The quantitative estimate of drug-likeness (QED) is 0.598. The molecule has 1 nitrogen and oxygen atoms in total. The van der Waals surface area contributed by atoms with Crippen molar-refractivity contribution in [2.24, 2.45) is 0 Å². The van der Waals surface area contributed by atoms with Gasteiger partial charge >= 0.3 is 0 Å². The van der Waals surface area contributed by atoms with Crippen molar-refractivity contribution in [2.75, 3.05) is 6.61 Å². The number of hydrogen-bond donors (Lipinski definition) is 0. The van der Waals surface area contributed by atoms with Gasteiger partial charge in [0, 0.05) is 11.4 Å². The Labute approximate surface area is 103 Å². The minimum atomic E-state index is -0.330. The lowest BCUT2D eigenvalue weighted by atomic mass is 9.94. The molecule has 1 heterocycles. The van der Waals surface area contributed by atoms with E-state index in [1.165, 1.54) is 6.07 Å². The molecule has 2 aliphatic rings. The smallest absolute Gasteiger partial charge is 0.127 e. The predicted octanol–water partition coefficient (Wildman–Crippen LogP) is 3.56. The van der Waals surface area contributed by atoms with E-state index >= 15 is 0 Å². The number of halogens is 3. The average Bonchev–Trinajstić information content (AvgIpc) is 3.09. The molecule has 1 aliphatic heterocycles. The van der Waals surface area contributed by atoms with Crippen molar-refractivity contribution in [1.82, 2.24) is 0 Å². The zero-order chi connectivity index (χ0) is 11.4. The Balaban J connectivity index is 1.84. The molecule has 0 aromatic heterocycles. The molecule has 1 atom stereocenters. The van der Waals surface area contributed by atoms with Crippen molar-refractivity contribution in [3.63, 3.8) is 0 Å². The normalized spacial score (nSPS) is 30.2. The summed E-state index contributed by atoms with van der Waals surface area (Å²) in [4.78, 5) is -0.251. The average molecular weight is 261 g/mol. The van der Waals surface area contributed by atoms with Gasteiger partial charge in [0.05, 0.1) is 11.5 Å². The third-order valence-corrected chi connectivity index (χ3v) is 4.45. The zero-order valence-corrected chi connectivity index (χ0v) is 10.1. The number of epoxide rings is 1. The van der Waals surface area contributed by atoms with Crippen molar-refractivity contribution in [2.45, 2.75) is 29.7 Å². The van der Waals surface area contributed by atoms with Crippen molar-refractivity contribution in [3.05, 3.63) is 34.6 Å². The number of alkyl halides is 1. The molecule has 16 heavy (non-hydrogen) atoms. The Bertz CT molecular complexity index is 439. The van der Waals surface area contributed by atoms with Crippen LogP contribution in [0.4, 0.5) is 4.39 Å². The van der Waals surface area contributed by atoms with Gasteiger partial charge < -0.3 is 4.74 Å². The first kappa shape index (κ1) is 10.8. The maximum atomic E-state index is 13.6. The third-order valence-electron chi connectivity index (χ3n) is 3.49. The molecule has 86 valence electrons. The summed E-state index contributed by atoms with van der Waals surface area (Å²) in [5, 5.41) is 0.416. The summed E-state index contributed by atoms with van der Waals surface area (Å²) >= 11 is 12.1. The van der Waals surface area contributed by atoms with Gasteiger partial charge in [-0.1, -0.05) is 17.7 Å². The van der Waals surface area contributed by atoms with Gasteiger partial charge in [-0.05, 0) is 30.5 Å². The van der Waals surface area contributed by atoms with Gasteiger partial charge in [0.2, 0.25) is 0 Å². The fourth-order valence-corrected chi connectivity index (χ4v) is 2.57. The molecule has 1 aromatic carbocycles. The molecule has 0 N–H and O–H groups in total. The van der Waals surface area contributed by atoms with Crippen LogP contribution in [-0.4, -0.2) is 17.1 Å². The summed E-state index contributed by atoms with van der Waals surface area (Å²) in [5.74, 6) is -0.275. The molecule has 1 aliphatic carbocycles. The van der Waals surface area contributed by atoms with Crippen LogP contribution in [0, 0.1) is 5.82 Å². The topological polar surface area (TPSA) is 12.5 Å². The maximum absolute atomic E-state index is 13.6. The van der Waals surface area contributed by atoms with Crippen molar-refractivity contribution < 1.29 is 9.13 Å². The lowest BCUT2D eigenvalue weighted by Gasteiger charge is -2.17. The van der Waals surface area contributed by atoms with Crippen LogP contribution < -0.4 is 0 Å². The third kappa shape index (κ3) is 1.64. The maximum Gasteiger partial charge on any atom is 0.127 e. The molecule has 1 unspecified atom stereocenters. The van der Waals surface area contributed by atoms with Gasteiger partial charge in [-0.2, -0.15) is 0 Å². The van der Waals surface area contributed by atoms with E-state index in [4.69, 9.17) is 27.9 Å². The largest absolute Gasteiger partial charge is 0.367 e. The van der Waals surface area contributed by atoms with Gasteiger partial charge in [-0.3, -0.25) is 0 Å². The van der Waals surface area contributed by atoms with E-state index in [2.05, 4.69) is 0 Å². The fourth-order valence-electron chi connectivity index (χ4n) is 2.14. The first-order valence-electron chi connectivity index (χ1n) is 5.32. The van der Waals surface area contributed by atoms with Crippen LogP contribution in [0.3, 0.4) is 0 Å². The van der Waals surface area contributed by atoms with Gasteiger partial charge in [0.15, 0.2) is 0 Å². The predicted molar refractivity (Wildman–Crippen MR) is 61.6 cm³/mol. The Morgan fingerprint density at radius 1 is 1.38 bits per heavy atom. The van der Waals surface area contributed by atoms with E-state index < -0.39 is 0 Å². The molecule has 0 spiro atoms. The number of hydrogen-bond acceptors (Lipinski definition) is 1. The summed E-state index contributed by atoms with van der Waals surface area (Å²) in [6.07, 6.45) is 2.47. The molecule has 4 heteroatoms. The SMILES string of the molecule is Fc1cc(Cl)ccc1CC1(C2(Cl)CC2)CO1. The summed E-state index contributed by atoms with van der Waals surface area (Å²) in [7, 11) is 0. The second-order valence-electron chi connectivity index (χ2n) is 4.66. The summed E-state index contributed by atoms with van der Waals surface area (Å²) in [6, 6.07) is 4.74. The molecule has 1 saturated carbocycles. The van der Waals surface area contributed by atoms with Crippen molar-refractivity contribution in [3.8, 4) is 0 Å². The number of ether oxygens (including phenoxy) is 1. The number of rotatable bonds is 3. The Morgan fingerprint density at radius 3 is 2.56 bits per heavy atom. The fraction of sp³-hybridized carbons (Fsp3) is 0.500. The summed E-state index contributed by atoms with van der Waals surface area (Å²) in [5.41, 5.74) is 0.303. The molecule has 0 bridgehead atoms. The van der Waals surface area contributed by atoms with E-state index in [1.807, 2.05) is 0 Å². The van der Waals surface area contributed by atoms with E-state index in [0.29, 0.717) is 23.6 Å².